The van der Waals surface area contributed by atoms with Gasteiger partial charge in [0.2, 0.25) is 0 Å². The number of carboxylic acids is 1. The summed E-state index contributed by atoms with van der Waals surface area (Å²) in [5.41, 5.74) is 1.75. The number of benzene rings is 1. The summed E-state index contributed by atoms with van der Waals surface area (Å²) in [5.74, 6) is -0.940. The summed E-state index contributed by atoms with van der Waals surface area (Å²) in [4.78, 5) is 11.3. The summed E-state index contributed by atoms with van der Waals surface area (Å²) in [6, 6.07) is 10.9. The first-order valence-electron chi connectivity index (χ1n) is 5.74. The second-order valence-electron chi connectivity index (χ2n) is 3.80. The Kier molecular flexibility index (Phi) is 3.57. The maximum atomic E-state index is 11.3. The van der Waals surface area contributed by atoms with Gasteiger partial charge in [0, 0.05) is 12.7 Å². The molecular weight excluding hydrogens is 228 g/mol. The fraction of sp³-hybridized carbons (Fsp3) is 0.143. The van der Waals surface area contributed by atoms with Gasteiger partial charge in [0.15, 0.2) is 0 Å². The Hall–Kier alpha value is -2.36. The minimum absolute atomic E-state index is 0.269. The van der Waals surface area contributed by atoms with Crippen molar-refractivity contribution in [2.75, 3.05) is 0 Å². The molecule has 1 aromatic carbocycles. The molecule has 0 amide bonds. The summed E-state index contributed by atoms with van der Waals surface area (Å²) < 4.78 is 1.76. The first kappa shape index (κ1) is 12.1. The van der Waals surface area contributed by atoms with Crippen LogP contribution in [0.1, 0.15) is 18.2 Å². The maximum Gasteiger partial charge on any atom is 0.336 e. The third-order valence-electron chi connectivity index (χ3n) is 2.66. The van der Waals surface area contributed by atoms with Gasteiger partial charge in [-0.3, -0.25) is 4.68 Å². The quantitative estimate of drug-likeness (QED) is 0.838. The van der Waals surface area contributed by atoms with Crippen LogP contribution in [0.3, 0.4) is 0 Å². The molecule has 2 aromatic rings. The average molecular weight is 242 g/mol. The summed E-state index contributed by atoms with van der Waals surface area (Å²) in [6.45, 7) is 2.67. The van der Waals surface area contributed by atoms with Crippen molar-refractivity contribution in [2.45, 2.75) is 13.5 Å². The Morgan fingerprint density at radius 2 is 2.06 bits per heavy atom. The van der Waals surface area contributed by atoms with Crippen molar-refractivity contribution in [1.82, 2.24) is 9.78 Å². The van der Waals surface area contributed by atoms with Gasteiger partial charge in [-0.1, -0.05) is 30.3 Å². The van der Waals surface area contributed by atoms with E-state index in [1.807, 2.05) is 25.1 Å². The average Bonchev–Trinajstić information content (AvgIpc) is 2.83. The number of carboxylic acid groups (broad SMARTS) is 1. The molecule has 1 heterocycles. The van der Waals surface area contributed by atoms with E-state index in [0.29, 0.717) is 12.1 Å². The molecule has 0 radical (unpaired) electrons. The van der Waals surface area contributed by atoms with Crippen LogP contribution in [0.15, 0.2) is 42.6 Å². The van der Waals surface area contributed by atoms with Crippen LogP contribution in [0.2, 0.25) is 0 Å². The standard InChI is InChI=1S/C14H14N2O2/c1-2-16-12(8-9-15-16)10-13(14(17)18)11-6-4-3-5-7-11/h3-10H,2H2,1H3,(H,17,18)/b13-10+. The minimum atomic E-state index is -0.940. The fourth-order valence-corrected chi connectivity index (χ4v) is 1.76. The molecule has 0 aliphatic rings. The number of nitrogens with zero attached hydrogens (tertiary/aromatic N) is 2. The normalized spacial score (nSPS) is 11.5. The van der Waals surface area contributed by atoms with Crippen molar-refractivity contribution >= 4 is 17.6 Å². The Bertz CT molecular complexity index is 570. The highest BCUT2D eigenvalue weighted by Gasteiger charge is 2.11. The summed E-state index contributed by atoms with van der Waals surface area (Å²) in [6.07, 6.45) is 3.31. The second kappa shape index (κ2) is 5.31. The smallest absolute Gasteiger partial charge is 0.336 e. The van der Waals surface area contributed by atoms with Gasteiger partial charge in [-0.25, -0.2) is 4.79 Å². The van der Waals surface area contributed by atoms with Crippen LogP contribution in [0.4, 0.5) is 0 Å². The number of aromatic nitrogens is 2. The lowest BCUT2D eigenvalue weighted by Crippen LogP contribution is -2.03. The minimum Gasteiger partial charge on any atom is -0.478 e. The predicted molar refractivity (Wildman–Crippen MR) is 69.8 cm³/mol. The van der Waals surface area contributed by atoms with Gasteiger partial charge in [0.05, 0.1) is 11.3 Å². The molecule has 2 rings (SSSR count). The number of hydrogen-bond donors (Lipinski definition) is 1. The molecule has 0 bridgehead atoms. The lowest BCUT2D eigenvalue weighted by molar-refractivity contribution is -0.130. The molecule has 0 aliphatic carbocycles. The zero-order chi connectivity index (χ0) is 13.0. The van der Waals surface area contributed by atoms with Crippen LogP contribution in [-0.4, -0.2) is 20.9 Å². The molecule has 18 heavy (non-hydrogen) atoms. The van der Waals surface area contributed by atoms with Gasteiger partial charge in [0.25, 0.3) is 0 Å². The van der Waals surface area contributed by atoms with Crippen molar-refractivity contribution in [3.63, 3.8) is 0 Å². The highest BCUT2D eigenvalue weighted by Crippen LogP contribution is 2.18. The van der Waals surface area contributed by atoms with Crippen LogP contribution < -0.4 is 0 Å². The molecule has 0 fully saturated rings. The molecule has 0 saturated heterocycles. The van der Waals surface area contributed by atoms with Gasteiger partial charge in [-0.05, 0) is 24.6 Å². The van der Waals surface area contributed by atoms with E-state index in [1.165, 1.54) is 0 Å². The van der Waals surface area contributed by atoms with Gasteiger partial charge >= 0.3 is 5.97 Å². The van der Waals surface area contributed by atoms with Gasteiger partial charge in [0.1, 0.15) is 0 Å². The topological polar surface area (TPSA) is 55.1 Å². The van der Waals surface area contributed by atoms with Crippen molar-refractivity contribution < 1.29 is 9.90 Å². The number of carbonyl (C=O) groups is 1. The Labute approximate surface area is 105 Å². The lowest BCUT2D eigenvalue weighted by atomic mass is 10.1. The van der Waals surface area contributed by atoms with Crippen molar-refractivity contribution in [1.29, 1.82) is 0 Å². The highest BCUT2D eigenvalue weighted by atomic mass is 16.4. The first-order chi connectivity index (χ1) is 8.72. The van der Waals surface area contributed by atoms with Crippen LogP contribution in [0.5, 0.6) is 0 Å². The zero-order valence-corrected chi connectivity index (χ0v) is 10.1. The van der Waals surface area contributed by atoms with E-state index in [-0.39, 0.29) is 5.57 Å². The molecule has 4 nitrogen and oxygen atoms in total. The maximum absolute atomic E-state index is 11.3. The van der Waals surface area contributed by atoms with E-state index in [0.717, 1.165) is 5.69 Å². The Morgan fingerprint density at radius 1 is 1.33 bits per heavy atom. The van der Waals surface area contributed by atoms with E-state index < -0.39 is 5.97 Å². The highest BCUT2D eigenvalue weighted by molar-refractivity contribution is 6.20. The van der Waals surface area contributed by atoms with Crippen LogP contribution in [-0.2, 0) is 11.3 Å². The van der Waals surface area contributed by atoms with E-state index in [1.54, 1.807) is 35.2 Å². The third-order valence-corrected chi connectivity index (χ3v) is 2.66. The van der Waals surface area contributed by atoms with E-state index in [9.17, 15) is 9.90 Å². The number of rotatable bonds is 4. The SMILES string of the molecule is CCn1nccc1/C=C(/C(=O)O)c1ccccc1. The third kappa shape index (κ3) is 2.48. The molecular formula is C14H14N2O2. The summed E-state index contributed by atoms with van der Waals surface area (Å²) in [5, 5.41) is 13.4. The van der Waals surface area contributed by atoms with Crippen LogP contribution in [0.25, 0.3) is 11.6 Å². The van der Waals surface area contributed by atoms with Crippen molar-refractivity contribution in [3.05, 3.63) is 53.9 Å². The molecule has 1 aromatic heterocycles. The zero-order valence-electron chi connectivity index (χ0n) is 10.1. The molecule has 0 saturated carbocycles. The lowest BCUT2D eigenvalue weighted by Gasteiger charge is -2.04. The molecule has 0 atom stereocenters. The van der Waals surface area contributed by atoms with Crippen molar-refractivity contribution in [3.8, 4) is 0 Å². The second-order valence-corrected chi connectivity index (χ2v) is 3.80. The number of hydrogen-bond acceptors (Lipinski definition) is 2. The number of aliphatic carboxylic acids is 1. The first-order valence-corrected chi connectivity index (χ1v) is 5.74. The molecule has 1 N–H and O–H groups in total. The molecule has 4 heteroatoms. The fourth-order valence-electron chi connectivity index (χ4n) is 1.76. The molecule has 0 aliphatic heterocycles. The van der Waals surface area contributed by atoms with Gasteiger partial charge in [-0.15, -0.1) is 0 Å². The summed E-state index contributed by atoms with van der Waals surface area (Å²) in [7, 11) is 0. The molecule has 92 valence electrons. The largest absolute Gasteiger partial charge is 0.478 e. The molecule has 0 unspecified atom stereocenters. The van der Waals surface area contributed by atoms with E-state index in [2.05, 4.69) is 5.10 Å². The van der Waals surface area contributed by atoms with E-state index in [4.69, 9.17) is 0 Å². The van der Waals surface area contributed by atoms with Crippen molar-refractivity contribution in [2.24, 2.45) is 0 Å². The Balaban J connectivity index is 2.46. The van der Waals surface area contributed by atoms with Crippen LogP contribution >= 0.6 is 0 Å². The van der Waals surface area contributed by atoms with Gasteiger partial charge in [-0.2, -0.15) is 5.10 Å². The summed E-state index contributed by atoms with van der Waals surface area (Å²) >= 11 is 0. The Morgan fingerprint density at radius 3 is 2.67 bits per heavy atom. The van der Waals surface area contributed by atoms with Crippen LogP contribution in [0, 0.1) is 0 Å². The van der Waals surface area contributed by atoms with Gasteiger partial charge < -0.3 is 5.11 Å². The molecule has 0 spiro atoms. The monoisotopic (exact) mass is 242 g/mol. The number of aryl methyl sites for hydroxylation is 1. The predicted octanol–water partition coefficient (Wildman–Crippen LogP) is 2.53. The van der Waals surface area contributed by atoms with E-state index >= 15 is 0 Å².